The van der Waals surface area contributed by atoms with Crippen LogP contribution in [0.4, 0.5) is 17.1 Å². The number of nitro benzene ring substituents is 1. The number of aromatic hydroxyl groups is 1. The van der Waals surface area contributed by atoms with E-state index < -0.39 is 15.8 Å². The number of phenols is 1. The first-order chi connectivity index (χ1) is 20.8. The summed E-state index contributed by atoms with van der Waals surface area (Å²) in [7, 11) is 0. The third kappa shape index (κ3) is 6.91. The molecule has 4 rings (SSSR count). The van der Waals surface area contributed by atoms with Gasteiger partial charge < -0.3 is 5.11 Å². The van der Waals surface area contributed by atoms with E-state index in [0.29, 0.717) is 5.56 Å². The van der Waals surface area contributed by atoms with Gasteiger partial charge in [-0.05, 0) is 46.2 Å². The number of rotatable bonds is 12. The molecular formula is C38H45N3O3. The maximum Gasteiger partial charge on any atom is 0.297 e. The van der Waals surface area contributed by atoms with Crippen LogP contribution in [0.15, 0.2) is 101 Å². The Morgan fingerprint density at radius 1 is 0.682 bits per heavy atom. The van der Waals surface area contributed by atoms with Gasteiger partial charge in [0.1, 0.15) is 11.4 Å². The second-order valence-corrected chi connectivity index (χ2v) is 13.4. The lowest BCUT2D eigenvalue weighted by Crippen LogP contribution is -2.23. The summed E-state index contributed by atoms with van der Waals surface area (Å²) in [6.45, 7) is 14.8. The number of nitro groups is 1. The summed E-state index contributed by atoms with van der Waals surface area (Å²) >= 11 is 0. The molecule has 0 radical (unpaired) electrons. The van der Waals surface area contributed by atoms with E-state index in [4.69, 9.17) is 0 Å². The summed E-state index contributed by atoms with van der Waals surface area (Å²) < 4.78 is 0. The third-order valence-corrected chi connectivity index (χ3v) is 9.10. The lowest BCUT2D eigenvalue weighted by molar-refractivity contribution is -0.384. The SMILES string of the molecule is CCCCCC(C)(C)c1ccc(N=Nc2cc(C(C)(C)c3ccccc3)cc(C(C)(C)c3ccccc3)c2O)c([N+](=O)[O-])c1. The summed E-state index contributed by atoms with van der Waals surface area (Å²) in [5.74, 6) is 0.00606. The molecule has 44 heavy (non-hydrogen) atoms. The van der Waals surface area contributed by atoms with Gasteiger partial charge in [0.15, 0.2) is 5.69 Å². The Morgan fingerprint density at radius 3 is 1.82 bits per heavy atom. The van der Waals surface area contributed by atoms with Crippen molar-refractivity contribution in [2.45, 2.75) is 90.4 Å². The highest BCUT2D eigenvalue weighted by Crippen LogP contribution is 2.46. The highest BCUT2D eigenvalue weighted by Gasteiger charge is 2.32. The van der Waals surface area contributed by atoms with Gasteiger partial charge in [0.05, 0.1) is 4.92 Å². The van der Waals surface area contributed by atoms with E-state index in [1.54, 1.807) is 12.1 Å². The Hall–Kier alpha value is -4.32. The molecule has 0 aliphatic rings. The molecule has 0 aliphatic carbocycles. The number of benzene rings is 4. The molecule has 4 aromatic carbocycles. The summed E-state index contributed by atoms with van der Waals surface area (Å²) in [6, 6.07) is 29.3. The normalized spacial score (nSPS) is 12.5. The second-order valence-electron chi connectivity index (χ2n) is 13.4. The average molecular weight is 592 g/mol. The highest BCUT2D eigenvalue weighted by molar-refractivity contribution is 5.64. The van der Waals surface area contributed by atoms with Crippen LogP contribution in [0.5, 0.6) is 5.75 Å². The van der Waals surface area contributed by atoms with Crippen molar-refractivity contribution >= 4 is 17.1 Å². The van der Waals surface area contributed by atoms with E-state index >= 15 is 0 Å². The number of phenolic OH excluding ortho intramolecular Hbond substituents is 1. The smallest absolute Gasteiger partial charge is 0.297 e. The molecule has 0 saturated carbocycles. The fourth-order valence-electron chi connectivity index (χ4n) is 5.81. The van der Waals surface area contributed by atoms with Crippen LogP contribution in [0.25, 0.3) is 0 Å². The van der Waals surface area contributed by atoms with Gasteiger partial charge in [-0.25, -0.2) is 0 Å². The van der Waals surface area contributed by atoms with Gasteiger partial charge in [-0.1, -0.05) is 141 Å². The molecule has 6 heteroatoms. The van der Waals surface area contributed by atoms with Crippen LogP contribution in [-0.4, -0.2) is 10.0 Å². The molecule has 6 nitrogen and oxygen atoms in total. The lowest BCUT2D eigenvalue weighted by Gasteiger charge is -2.32. The molecule has 0 heterocycles. The van der Waals surface area contributed by atoms with Crippen molar-refractivity contribution in [1.29, 1.82) is 0 Å². The molecule has 0 spiro atoms. The Balaban J connectivity index is 1.84. The van der Waals surface area contributed by atoms with Crippen LogP contribution in [-0.2, 0) is 16.2 Å². The van der Waals surface area contributed by atoms with E-state index in [1.165, 1.54) is 0 Å². The molecular weight excluding hydrogens is 546 g/mol. The van der Waals surface area contributed by atoms with Crippen LogP contribution >= 0.6 is 0 Å². The maximum atomic E-state index is 12.2. The average Bonchev–Trinajstić information content (AvgIpc) is 3.01. The number of hydrogen-bond donors (Lipinski definition) is 1. The van der Waals surface area contributed by atoms with Gasteiger partial charge >= 0.3 is 0 Å². The zero-order chi connectivity index (χ0) is 32.1. The Morgan fingerprint density at radius 2 is 1.25 bits per heavy atom. The van der Waals surface area contributed by atoms with Crippen LogP contribution < -0.4 is 0 Å². The van der Waals surface area contributed by atoms with Crippen molar-refractivity contribution in [3.05, 3.63) is 129 Å². The van der Waals surface area contributed by atoms with E-state index in [-0.39, 0.29) is 28.2 Å². The van der Waals surface area contributed by atoms with Gasteiger partial charge in [-0.2, -0.15) is 0 Å². The molecule has 0 bridgehead atoms. The fraction of sp³-hybridized carbons (Fsp3) is 0.368. The fourth-order valence-corrected chi connectivity index (χ4v) is 5.81. The van der Waals surface area contributed by atoms with Crippen LogP contribution in [0.2, 0.25) is 0 Å². The van der Waals surface area contributed by atoms with E-state index in [9.17, 15) is 15.2 Å². The number of hydrogen-bond acceptors (Lipinski definition) is 5. The van der Waals surface area contributed by atoms with Gasteiger partial charge in [-0.3, -0.25) is 10.1 Å². The monoisotopic (exact) mass is 591 g/mol. The summed E-state index contributed by atoms with van der Waals surface area (Å²) in [5.41, 5.74) is 3.86. The van der Waals surface area contributed by atoms with Gasteiger partial charge in [-0.15, -0.1) is 10.2 Å². The van der Waals surface area contributed by atoms with E-state index in [1.807, 2.05) is 66.7 Å². The summed E-state index contributed by atoms with van der Waals surface area (Å²) in [5, 5.41) is 32.7. The molecule has 0 amide bonds. The Labute approximate surface area is 262 Å². The predicted octanol–water partition coefficient (Wildman–Crippen LogP) is 11.2. The van der Waals surface area contributed by atoms with Crippen LogP contribution in [0, 0.1) is 10.1 Å². The van der Waals surface area contributed by atoms with Crippen LogP contribution in [0.3, 0.4) is 0 Å². The molecule has 4 aromatic rings. The van der Waals surface area contributed by atoms with Crippen LogP contribution in [0.1, 0.15) is 102 Å². The van der Waals surface area contributed by atoms with E-state index in [2.05, 4.69) is 70.8 Å². The Bertz CT molecular complexity index is 1620. The first-order valence-corrected chi connectivity index (χ1v) is 15.5. The second kappa shape index (κ2) is 13.1. The highest BCUT2D eigenvalue weighted by atomic mass is 16.6. The molecule has 0 atom stereocenters. The first-order valence-electron chi connectivity index (χ1n) is 15.5. The molecule has 0 fully saturated rings. The zero-order valence-electron chi connectivity index (χ0n) is 27.1. The molecule has 230 valence electrons. The van der Waals surface area contributed by atoms with Gasteiger partial charge in [0, 0.05) is 22.5 Å². The van der Waals surface area contributed by atoms with Crippen molar-refractivity contribution in [3.8, 4) is 5.75 Å². The van der Waals surface area contributed by atoms with Gasteiger partial charge in [0.2, 0.25) is 0 Å². The minimum Gasteiger partial charge on any atom is -0.505 e. The van der Waals surface area contributed by atoms with Crippen molar-refractivity contribution in [2.75, 3.05) is 0 Å². The van der Waals surface area contributed by atoms with E-state index in [0.717, 1.165) is 47.9 Å². The van der Waals surface area contributed by atoms with Crippen molar-refractivity contribution < 1.29 is 10.0 Å². The van der Waals surface area contributed by atoms with Gasteiger partial charge in [0.25, 0.3) is 5.69 Å². The predicted molar refractivity (Wildman–Crippen MR) is 180 cm³/mol. The topological polar surface area (TPSA) is 88.1 Å². The largest absolute Gasteiger partial charge is 0.505 e. The van der Waals surface area contributed by atoms with Crippen molar-refractivity contribution in [1.82, 2.24) is 0 Å². The minimum atomic E-state index is -0.560. The summed E-state index contributed by atoms with van der Waals surface area (Å²) in [6.07, 6.45) is 4.26. The molecule has 1 N–H and O–H groups in total. The molecule has 0 saturated heterocycles. The Kier molecular flexibility index (Phi) is 9.72. The standard InChI is InChI=1S/C38H45N3O3/c1-8-9-16-23-36(2,3)29-21-22-32(34(26-29)41(43)44)39-40-33-25-30(37(4,5)27-17-12-10-13-18-27)24-31(35(33)42)38(6,7)28-19-14-11-15-20-28/h10-15,17-22,24-26,42H,8-9,16,23H2,1-7H3. The number of azo groups is 1. The third-order valence-electron chi connectivity index (χ3n) is 9.10. The van der Waals surface area contributed by atoms with Crippen molar-refractivity contribution in [3.63, 3.8) is 0 Å². The minimum absolute atomic E-state index is 0.00606. The lowest BCUT2D eigenvalue weighted by atomic mass is 9.72. The molecule has 0 unspecified atom stereocenters. The summed E-state index contributed by atoms with van der Waals surface area (Å²) in [4.78, 5) is 11.8. The number of unbranched alkanes of at least 4 members (excludes halogenated alkanes) is 2. The number of nitrogens with zero attached hydrogens (tertiary/aromatic N) is 3. The zero-order valence-corrected chi connectivity index (χ0v) is 27.1. The first kappa shape index (κ1) is 32.6. The maximum absolute atomic E-state index is 12.2. The molecule has 0 aromatic heterocycles. The molecule has 0 aliphatic heterocycles. The quantitative estimate of drug-likeness (QED) is 0.0769. The van der Waals surface area contributed by atoms with Crippen molar-refractivity contribution in [2.24, 2.45) is 10.2 Å².